The topological polar surface area (TPSA) is 72.0 Å². The molecule has 0 amide bonds. The summed E-state index contributed by atoms with van der Waals surface area (Å²) in [6, 6.07) is 7.39. The number of aromatic amines is 2. The fourth-order valence-electron chi connectivity index (χ4n) is 3.86. The van der Waals surface area contributed by atoms with Crippen LogP contribution in [0.4, 0.5) is 26.3 Å². The lowest BCUT2D eigenvalue weighted by Gasteiger charge is -2.09. The molecule has 4 N–H and O–H groups in total. The highest BCUT2D eigenvalue weighted by Crippen LogP contribution is 2.35. The smallest absolute Gasteiger partial charge is 0.423 e. The van der Waals surface area contributed by atoms with Crippen LogP contribution in [0, 0.1) is 34.9 Å². The number of fused-ring (bicyclic) bond motifs is 2. The molecule has 0 saturated carbocycles. The first-order valence-corrected chi connectivity index (χ1v) is 9.49. The van der Waals surface area contributed by atoms with Gasteiger partial charge in [-0.1, -0.05) is 12.1 Å². The van der Waals surface area contributed by atoms with E-state index >= 15 is 8.78 Å². The zero-order valence-electron chi connectivity index (χ0n) is 16.3. The lowest BCUT2D eigenvalue weighted by atomic mass is 9.78. The first-order valence-electron chi connectivity index (χ1n) is 9.49. The number of rotatable bonds is 3. The van der Waals surface area contributed by atoms with Crippen LogP contribution in [0.2, 0.25) is 0 Å². The summed E-state index contributed by atoms with van der Waals surface area (Å²) in [4.78, 5) is 5.18. The van der Waals surface area contributed by atoms with Gasteiger partial charge >= 0.3 is 7.12 Å². The average Bonchev–Trinajstić information content (AvgIpc) is 3.31. The number of benzene rings is 3. The van der Waals surface area contributed by atoms with Gasteiger partial charge < -0.3 is 20.0 Å². The summed E-state index contributed by atoms with van der Waals surface area (Å²) in [5.41, 5.74) is -1.10. The summed E-state index contributed by atoms with van der Waals surface area (Å²) >= 11 is 0. The summed E-state index contributed by atoms with van der Waals surface area (Å²) in [5, 5.41) is 18.1. The molecule has 0 aliphatic rings. The van der Waals surface area contributed by atoms with E-state index in [2.05, 4.69) is 9.97 Å². The highest BCUT2D eigenvalue weighted by molar-refractivity contribution is 6.58. The largest absolute Gasteiger partial charge is 0.488 e. The second-order valence-corrected chi connectivity index (χ2v) is 7.41. The number of hydrogen-bond acceptors (Lipinski definition) is 2. The molecule has 5 aromatic rings. The van der Waals surface area contributed by atoms with Gasteiger partial charge in [-0.05, 0) is 35.8 Å². The molecule has 0 aliphatic carbocycles. The molecule has 0 bridgehead atoms. The quantitative estimate of drug-likeness (QED) is 0.237. The first kappa shape index (κ1) is 21.2. The van der Waals surface area contributed by atoms with Crippen LogP contribution in [0.25, 0.3) is 44.3 Å². The van der Waals surface area contributed by atoms with Crippen LogP contribution in [-0.4, -0.2) is 27.1 Å². The van der Waals surface area contributed by atoms with E-state index in [0.717, 1.165) is 36.4 Å². The number of nitrogens with one attached hydrogen (secondary N) is 2. The van der Waals surface area contributed by atoms with E-state index in [-0.39, 0.29) is 39.0 Å². The maximum absolute atomic E-state index is 15.0. The Hall–Kier alpha value is -3.70. The van der Waals surface area contributed by atoms with Crippen molar-refractivity contribution in [3.05, 3.63) is 77.4 Å². The van der Waals surface area contributed by atoms with Crippen LogP contribution >= 0.6 is 0 Å². The minimum absolute atomic E-state index is 0.0613. The molecule has 33 heavy (non-hydrogen) atoms. The van der Waals surface area contributed by atoms with Crippen molar-refractivity contribution in [1.82, 2.24) is 9.97 Å². The van der Waals surface area contributed by atoms with Crippen LogP contribution in [0.3, 0.4) is 0 Å². The molecule has 0 unspecified atom stereocenters. The number of aromatic nitrogens is 2. The van der Waals surface area contributed by atoms with E-state index in [0.29, 0.717) is 0 Å². The third-order valence-electron chi connectivity index (χ3n) is 5.42. The van der Waals surface area contributed by atoms with Crippen LogP contribution in [-0.2, 0) is 0 Å². The van der Waals surface area contributed by atoms with Crippen molar-refractivity contribution in [3.63, 3.8) is 0 Å². The van der Waals surface area contributed by atoms with E-state index in [4.69, 9.17) is 0 Å². The molecule has 0 saturated heterocycles. The molecular weight excluding hydrogens is 449 g/mol. The van der Waals surface area contributed by atoms with Gasteiger partial charge in [-0.2, -0.15) is 0 Å². The summed E-state index contributed by atoms with van der Waals surface area (Å²) in [6.45, 7) is 0. The van der Waals surface area contributed by atoms with Gasteiger partial charge in [-0.3, -0.25) is 0 Å². The van der Waals surface area contributed by atoms with E-state index in [1.54, 1.807) is 0 Å². The summed E-state index contributed by atoms with van der Waals surface area (Å²) in [6.07, 6.45) is 0. The standard InChI is InChI=1S/C22H11BF6N2O2/c24-11-1-3-13-15(17(11)26)19(28)21(30-13)8-5-9(7-10(6-8)23(32)33)22-20(29)16-14(31-22)4-2-12(25)18(16)27/h1-7,30-33H. The Kier molecular flexibility index (Phi) is 4.76. The minimum atomic E-state index is -2.06. The zero-order valence-corrected chi connectivity index (χ0v) is 16.3. The van der Waals surface area contributed by atoms with Gasteiger partial charge in [-0.15, -0.1) is 0 Å². The van der Waals surface area contributed by atoms with Gasteiger partial charge in [0.15, 0.2) is 34.9 Å². The zero-order chi connectivity index (χ0) is 23.6. The van der Waals surface area contributed by atoms with Crippen LogP contribution in [0.15, 0.2) is 42.5 Å². The summed E-state index contributed by atoms with van der Waals surface area (Å²) in [5.74, 6) is -7.65. The van der Waals surface area contributed by atoms with Gasteiger partial charge in [0.05, 0.1) is 33.2 Å². The molecule has 0 aliphatic heterocycles. The van der Waals surface area contributed by atoms with Gasteiger partial charge in [0.25, 0.3) is 0 Å². The molecule has 0 spiro atoms. The first-order chi connectivity index (χ1) is 15.7. The Morgan fingerprint density at radius 3 is 1.39 bits per heavy atom. The van der Waals surface area contributed by atoms with E-state index < -0.39 is 52.8 Å². The molecule has 4 nitrogen and oxygen atoms in total. The molecule has 0 atom stereocenters. The summed E-state index contributed by atoms with van der Waals surface area (Å²) in [7, 11) is -2.06. The fourth-order valence-corrected chi connectivity index (χ4v) is 3.86. The highest BCUT2D eigenvalue weighted by atomic mass is 19.2. The average molecular weight is 460 g/mol. The van der Waals surface area contributed by atoms with Crippen molar-refractivity contribution in [1.29, 1.82) is 0 Å². The van der Waals surface area contributed by atoms with Gasteiger partial charge in [0.1, 0.15) is 0 Å². The molecule has 2 heterocycles. The normalized spacial score (nSPS) is 11.6. The monoisotopic (exact) mass is 460 g/mol. The van der Waals surface area contributed by atoms with Crippen molar-refractivity contribution in [2.75, 3.05) is 0 Å². The lowest BCUT2D eigenvalue weighted by Crippen LogP contribution is -2.30. The Labute approximate surface area is 181 Å². The van der Waals surface area contributed by atoms with E-state index in [9.17, 15) is 27.6 Å². The van der Waals surface area contributed by atoms with Crippen LogP contribution in [0.1, 0.15) is 0 Å². The minimum Gasteiger partial charge on any atom is -0.423 e. The molecule has 166 valence electrons. The number of hydrogen-bond donors (Lipinski definition) is 4. The molecule has 2 aromatic heterocycles. The van der Waals surface area contributed by atoms with Gasteiger partial charge in [-0.25, -0.2) is 26.3 Å². The summed E-state index contributed by atoms with van der Waals surface area (Å²) < 4.78 is 85.5. The van der Waals surface area contributed by atoms with Crippen molar-refractivity contribution >= 4 is 34.4 Å². The molecule has 3 aromatic carbocycles. The van der Waals surface area contributed by atoms with Crippen LogP contribution in [0.5, 0.6) is 0 Å². The second-order valence-electron chi connectivity index (χ2n) is 7.41. The Morgan fingerprint density at radius 2 is 1.00 bits per heavy atom. The number of H-pyrrole nitrogens is 2. The highest BCUT2D eigenvalue weighted by Gasteiger charge is 2.24. The Bertz CT molecular complexity index is 1470. The molecule has 0 fully saturated rings. The predicted molar refractivity (Wildman–Crippen MR) is 111 cm³/mol. The third kappa shape index (κ3) is 3.19. The third-order valence-corrected chi connectivity index (χ3v) is 5.42. The lowest BCUT2D eigenvalue weighted by molar-refractivity contribution is 0.426. The van der Waals surface area contributed by atoms with Crippen molar-refractivity contribution in [3.8, 4) is 22.5 Å². The van der Waals surface area contributed by atoms with E-state index in [1.165, 1.54) is 6.07 Å². The second kappa shape index (κ2) is 7.43. The predicted octanol–water partition coefficient (Wildman–Crippen LogP) is 4.50. The SMILES string of the molecule is OB(O)c1cc(-c2[nH]c3ccc(F)c(F)c3c2F)cc(-c2[nH]c3ccc(F)c(F)c3c2F)c1. The molecule has 0 radical (unpaired) electrons. The van der Waals surface area contributed by atoms with Crippen LogP contribution < -0.4 is 5.46 Å². The maximum Gasteiger partial charge on any atom is 0.488 e. The molecular formula is C22H11BF6N2O2. The number of halogens is 6. The van der Waals surface area contributed by atoms with Gasteiger partial charge in [0.2, 0.25) is 0 Å². The van der Waals surface area contributed by atoms with E-state index in [1.807, 2.05) is 0 Å². The molecule has 11 heteroatoms. The van der Waals surface area contributed by atoms with Crippen molar-refractivity contribution < 1.29 is 36.4 Å². The van der Waals surface area contributed by atoms with Gasteiger partial charge in [0, 0.05) is 11.1 Å². The maximum atomic E-state index is 15.0. The molecule has 5 rings (SSSR count). The Morgan fingerprint density at radius 1 is 0.576 bits per heavy atom. The van der Waals surface area contributed by atoms with Crippen molar-refractivity contribution in [2.24, 2.45) is 0 Å². The van der Waals surface area contributed by atoms with Crippen molar-refractivity contribution in [2.45, 2.75) is 0 Å². The fraction of sp³-hybridized carbons (Fsp3) is 0. The Balaban J connectivity index is 1.77.